The molecule has 2 heterocycles. The Morgan fingerprint density at radius 3 is 2.61 bits per heavy atom. The van der Waals surface area contributed by atoms with Gasteiger partial charge in [-0.15, -0.1) is 21.5 Å². The highest BCUT2D eigenvalue weighted by molar-refractivity contribution is 7.23. The van der Waals surface area contributed by atoms with Crippen molar-refractivity contribution in [2.75, 3.05) is 25.5 Å². The standard InChI is InChI=1S/C11H17N5S2/c1-4-16(5-2)7-9-13-6-8(17-9)10-14-15-11(12-3)18-10/h6H,4-5,7H2,1-3H3,(H,12,15). The van der Waals surface area contributed by atoms with Crippen LogP contribution in [0.1, 0.15) is 18.9 Å². The summed E-state index contributed by atoms with van der Waals surface area (Å²) in [5, 5.41) is 14.1. The topological polar surface area (TPSA) is 53.9 Å². The molecule has 0 atom stereocenters. The highest BCUT2D eigenvalue weighted by atomic mass is 32.1. The predicted molar refractivity (Wildman–Crippen MR) is 77.2 cm³/mol. The number of nitrogens with one attached hydrogen (secondary N) is 1. The average Bonchev–Trinajstić information content (AvgIpc) is 3.04. The highest BCUT2D eigenvalue weighted by Gasteiger charge is 2.11. The summed E-state index contributed by atoms with van der Waals surface area (Å²) >= 11 is 3.25. The van der Waals surface area contributed by atoms with E-state index in [2.05, 4.69) is 39.2 Å². The molecule has 0 spiro atoms. The van der Waals surface area contributed by atoms with Gasteiger partial charge in [-0.05, 0) is 13.1 Å². The molecule has 0 unspecified atom stereocenters. The second-order valence-electron chi connectivity index (χ2n) is 3.74. The van der Waals surface area contributed by atoms with Crippen LogP contribution in [0.4, 0.5) is 5.13 Å². The minimum atomic E-state index is 0.837. The van der Waals surface area contributed by atoms with Crippen LogP contribution in [0.3, 0.4) is 0 Å². The largest absolute Gasteiger partial charge is 0.363 e. The van der Waals surface area contributed by atoms with Gasteiger partial charge < -0.3 is 5.32 Å². The van der Waals surface area contributed by atoms with Gasteiger partial charge in [-0.2, -0.15) is 0 Å². The number of rotatable bonds is 6. The smallest absolute Gasteiger partial charge is 0.205 e. The summed E-state index contributed by atoms with van der Waals surface area (Å²) in [7, 11) is 1.85. The molecule has 0 aliphatic carbocycles. The van der Waals surface area contributed by atoms with Crippen molar-refractivity contribution < 1.29 is 0 Å². The summed E-state index contributed by atoms with van der Waals surface area (Å²) in [5.74, 6) is 0. The van der Waals surface area contributed by atoms with E-state index in [-0.39, 0.29) is 0 Å². The fraction of sp³-hybridized carbons (Fsp3) is 0.545. The van der Waals surface area contributed by atoms with Gasteiger partial charge in [0.1, 0.15) is 5.01 Å². The van der Waals surface area contributed by atoms with Crippen molar-refractivity contribution in [3.63, 3.8) is 0 Å². The van der Waals surface area contributed by atoms with Crippen molar-refractivity contribution >= 4 is 27.8 Å². The Morgan fingerprint density at radius 2 is 2.00 bits per heavy atom. The Morgan fingerprint density at radius 1 is 1.22 bits per heavy atom. The third-order valence-corrected chi connectivity index (χ3v) is 4.75. The molecule has 0 aliphatic rings. The maximum atomic E-state index is 4.46. The maximum Gasteiger partial charge on any atom is 0.205 e. The van der Waals surface area contributed by atoms with Gasteiger partial charge in [-0.1, -0.05) is 25.2 Å². The molecule has 18 heavy (non-hydrogen) atoms. The fourth-order valence-electron chi connectivity index (χ4n) is 1.54. The third kappa shape index (κ3) is 3.04. The van der Waals surface area contributed by atoms with E-state index in [4.69, 9.17) is 0 Å². The minimum absolute atomic E-state index is 0.837. The summed E-state index contributed by atoms with van der Waals surface area (Å²) in [6.45, 7) is 7.35. The zero-order valence-electron chi connectivity index (χ0n) is 10.8. The van der Waals surface area contributed by atoms with Crippen LogP contribution in [0, 0.1) is 0 Å². The van der Waals surface area contributed by atoms with Crippen LogP contribution in [0.15, 0.2) is 6.20 Å². The highest BCUT2D eigenvalue weighted by Crippen LogP contribution is 2.30. The lowest BCUT2D eigenvalue weighted by molar-refractivity contribution is 0.295. The lowest BCUT2D eigenvalue weighted by atomic mass is 10.5. The second kappa shape index (κ2) is 6.21. The van der Waals surface area contributed by atoms with E-state index in [0.717, 1.165) is 39.7 Å². The lowest BCUT2D eigenvalue weighted by Gasteiger charge is -2.15. The monoisotopic (exact) mass is 283 g/mol. The molecule has 98 valence electrons. The van der Waals surface area contributed by atoms with E-state index >= 15 is 0 Å². The zero-order chi connectivity index (χ0) is 13.0. The zero-order valence-corrected chi connectivity index (χ0v) is 12.4. The van der Waals surface area contributed by atoms with Gasteiger partial charge >= 0.3 is 0 Å². The molecule has 0 aromatic carbocycles. The molecule has 1 N–H and O–H groups in total. The van der Waals surface area contributed by atoms with Crippen molar-refractivity contribution in [1.82, 2.24) is 20.1 Å². The molecule has 2 aromatic heterocycles. The van der Waals surface area contributed by atoms with Crippen molar-refractivity contribution in [3.05, 3.63) is 11.2 Å². The summed E-state index contributed by atoms with van der Waals surface area (Å²) in [4.78, 5) is 7.90. The molecule has 2 aromatic rings. The average molecular weight is 283 g/mol. The molecule has 0 bridgehead atoms. The van der Waals surface area contributed by atoms with Crippen molar-refractivity contribution in [3.8, 4) is 9.88 Å². The van der Waals surface area contributed by atoms with Crippen LogP contribution >= 0.6 is 22.7 Å². The molecule has 7 heteroatoms. The summed E-state index contributed by atoms with van der Waals surface area (Å²) in [5.41, 5.74) is 0. The summed E-state index contributed by atoms with van der Waals surface area (Å²) in [6, 6.07) is 0. The summed E-state index contributed by atoms with van der Waals surface area (Å²) < 4.78 is 0. The number of nitrogens with zero attached hydrogens (tertiary/aromatic N) is 4. The number of hydrogen-bond donors (Lipinski definition) is 1. The second-order valence-corrected chi connectivity index (χ2v) is 5.83. The van der Waals surface area contributed by atoms with E-state index in [1.165, 1.54) is 0 Å². The SMILES string of the molecule is CCN(CC)Cc1ncc(-c2nnc(NC)s2)s1. The van der Waals surface area contributed by atoms with Crippen LogP contribution in [-0.4, -0.2) is 40.2 Å². The maximum absolute atomic E-state index is 4.46. The molecule has 0 fully saturated rings. The molecular weight excluding hydrogens is 266 g/mol. The molecule has 0 saturated heterocycles. The van der Waals surface area contributed by atoms with Gasteiger partial charge in [0.2, 0.25) is 5.13 Å². The van der Waals surface area contributed by atoms with Crippen molar-refractivity contribution in [2.24, 2.45) is 0 Å². The molecule has 0 aliphatic heterocycles. The number of hydrogen-bond acceptors (Lipinski definition) is 7. The van der Waals surface area contributed by atoms with Crippen molar-refractivity contribution in [2.45, 2.75) is 20.4 Å². The van der Waals surface area contributed by atoms with Crippen LogP contribution in [-0.2, 0) is 6.54 Å². The minimum Gasteiger partial charge on any atom is -0.363 e. The van der Waals surface area contributed by atoms with E-state index in [1.807, 2.05) is 13.2 Å². The third-order valence-electron chi connectivity index (χ3n) is 2.66. The molecule has 5 nitrogen and oxygen atoms in total. The van der Waals surface area contributed by atoms with Gasteiger partial charge in [0.05, 0.1) is 11.4 Å². The molecule has 0 saturated carbocycles. The van der Waals surface area contributed by atoms with E-state index in [0.29, 0.717) is 0 Å². The first-order valence-corrected chi connectivity index (χ1v) is 7.58. The number of thiazole rings is 1. The van der Waals surface area contributed by atoms with E-state index in [1.54, 1.807) is 22.7 Å². The molecule has 2 rings (SSSR count). The molecule has 0 radical (unpaired) electrons. The normalized spacial score (nSPS) is 11.1. The first kappa shape index (κ1) is 13.4. The van der Waals surface area contributed by atoms with Gasteiger partial charge in [0.25, 0.3) is 0 Å². The van der Waals surface area contributed by atoms with Gasteiger partial charge in [-0.3, -0.25) is 4.90 Å². The Kier molecular flexibility index (Phi) is 4.62. The first-order valence-electron chi connectivity index (χ1n) is 5.95. The summed E-state index contributed by atoms with van der Waals surface area (Å²) in [6.07, 6.45) is 1.89. The predicted octanol–water partition coefficient (Wildman–Crippen LogP) is 2.55. The Balaban J connectivity index is 2.10. The van der Waals surface area contributed by atoms with Crippen LogP contribution in [0.25, 0.3) is 9.88 Å². The van der Waals surface area contributed by atoms with E-state index < -0.39 is 0 Å². The Bertz CT molecular complexity index is 489. The fourth-order valence-corrected chi connectivity index (χ4v) is 3.24. The Labute approximate surface area is 115 Å². The van der Waals surface area contributed by atoms with Crippen LogP contribution in [0.2, 0.25) is 0 Å². The van der Waals surface area contributed by atoms with Gasteiger partial charge in [0, 0.05) is 13.2 Å². The first-order chi connectivity index (χ1) is 8.76. The Hall–Kier alpha value is -1.05. The van der Waals surface area contributed by atoms with Crippen molar-refractivity contribution in [1.29, 1.82) is 0 Å². The molecular formula is C11H17N5S2. The van der Waals surface area contributed by atoms with Crippen LogP contribution in [0.5, 0.6) is 0 Å². The number of aromatic nitrogens is 3. The quantitative estimate of drug-likeness (QED) is 0.883. The van der Waals surface area contributed by atoms with Crippen LogP contribution < -0.4 is 5.32 Å². The van der Waals surface area contributed by atoms with Gasteiger partial charge in [-0.25, -0.2) is 4.98 Å². The van der Waals surface area contributed by atoms with E-state index in [9.17, 15) is 0 Å². The van der Waals surface area contributed by atoms with Gasteiger partial charge in [0.15, 0.2) is 5.01 Å². The number of anilines is 1. The molecule has 0 amide bonds. The lowest BCUT2D eigenvalue weighted by Crippen LogP contribution is -2.21.